The Kier molecular flexibility index (Phi) is 6.37. The molecule has 10 heteroatoms. The molecule has 1 amide bonds. The fourth-order valence-electron chi connectivity index (χ4n) is 2.61. The van der Waals surface area contributed by atoms with Crippen molar-refractivity contribution in [3.05, 3.63) is 29.3 Å². The predicted molar refractivity (Wildman–Crippen MR) is 72.6 cm³/mol. The van der Waals surface area contributed by atoms with E-state index in [0.29, 0.717) is 16.9 Å². The highest BCUT2D eigenvalue weighted by atomic mass is 19.4. The van der Waals surface area contributed by atoms with Gasteiger partial charge in [-0.25, -0.2) is 0 Å². The minimum atomic E-state index is -5.12. The summed E-state index contributed by atoms with van der Waals surface area (Å²) in [5.41, 5.74) is 0.773. The first kappa shape index (κ1) is 20.7. The van der Waals surface area contributed by atoms with E-state index in [4.69, 9.17) is 9.59 Å². The molecule has 0 radical (unpaired) electrons. The van der Waals surface area contributed by atoms with Crippen LogP contribution in [0.3, 0.4) is 0 Å². The molecule has 138 valence electrons. The maximum absolute atomic E-state index is 12.6. The van der Waals surface area contributed by atoms with Crippen LogP contribution in [0.5, 0.6) is 0 Å². The number of anilines is 1. The number of rotatable bonds is 2. The Hall–Kier alpha value is -2.35. The van der Waals surface area contributed by atoms with E-state index in [1.807, 2.05) is 0 Å². The molecular weight excluding hydrogens is 356 g/mol. The van der Waals surface area contributed by atoms with Gasteiger partial charge in [0.15, 0.2) is 0 Å². The van der Waals surface area contributed by atoms with Gasteiger partial charge in [-0.15, -0.1) is 0 Å². The van der Waals surface area contributed by atoms with E-state index in [2.05, 4.69) is 0 Å². The van der Waals surface area contributed by atoms with Crippen molar-refractivity contribution >= 4 is 17.7 Å². The second kappa shape index (κ2) is 7.69. The average molecular weight is 369 g/mol. The molecule has 1 aliphatic rings. The second-order valence-electron chi connectivity index (χ2n) is 5.26. The molecule has 0 saturated heterocycles. The highest BCUT2D eigenvalue weighted by molar-refractivity contribution is 5.99. The molecule has 0 fully saturated rings. The smallest absolute Gasteiger partial charge is 0.304 e. The SMILES string of the molecule is CCc1ccc2c(c1)[C@@H](CC(F)(F)F)CN2C(=O)C(F)(F)F.O=C=O. The number of amides is 1. The summed E-state index contributed by atoms with van der Waals surface area (Å²) in [5, 5.41) is 0. The number of nitrogens with zero attached hydrogens (tertiary/aromatic N) is 1. The van der Waals surface area contributed by atoms with E-state index in [-0.39, 0.29) is 17.4 Å². The average Bonchev–Trinajstić information content (AvgIpc) is 2.82. The molecule has 0 aliphatic carbocycles. The number of alkyl halides is 6. The molecule has 1 aliphatic heterocycles. The Labute approximate surface area is 138 Å². The molecule has 1 aromatic carbocycles. The lowest BCUT2D eigenvalue weighted by atomic mass is 9.95. The van der Waals surface area contributed by atoms with Crippen molar-refractivity contribution < 1.29 is 40.7 Å². The van der Waals surface area contributed by atoms with Crippen molar-refractivity contribution in [1.29, 1.82) is 0 Å². The molecule has 0 spiro atoms. The maximum atomic E-state index is 12.6. The first-order chi connectivity index (χ1) is 11.4. The van der Waals surface area contributed by atoms with Crippen molar-refractivity contribution in [1.82, 2.24) is 0 Å². The summed E-state index contributed by atoms with van der Waals surface area (Å²) in [7, 11) is 0. The van der Waals surface area contributed by atoms with E-state index in [9.17, 15) is 31.1 Å². The Morgan fingerprint density at radius 2 is 1.76 bits per heavy atom. The quantitative estimate of drug-likeness (QED) is 0.749. The third-order valence-corrected chi connectivity index (χ3v) is 3.60. The van der Waals surface area contributed by atoms with Crippen LogP contribution < -0.4 is 4.90 Å². The molecule has 1 atom stereocenters. The molecule has 1 aromatic rings. The van der Waals surface area contributed by atoms with Crippen LogP contribution in [0.1, 0.15) is 30.4 Å². The molecule has 1 heterocycles. The van der Waals surface area contributed by atoms with Gasteiger partial charge in [-0.1, -0.05) is 19.1 Å². The van der Waals surface area contributed by atoms with Gasteiger partial charge in [0.05, 0.1) is 6.42 Å². The molecule has 0 saturated carbocycles. The number of benzene rings is 1. The van der Waals surface area contributed by atoms with Crippen molar-refractivity contribution in [2.45, 2.75) is 38.0 Å². The standard InChI is InChI=1S/C14H13F6NO.CO2/c1-2-8-3-4-11-10(5-8)9(6-13(15,16)17)7-21(11)12(22)14(18,19)20;2-1-3/h3-5,9H,2,6-7H2,1H3;/t9-;/m0./s1. The van der Waals surface area contributed by atoms with Crippen LogP contribution in [0.15, 0.2) is 18.2 Å². The summed E-state index contributed by atoms with van der Waals surface area (Å²) < 4.78 is 75.6. The van der Waals surface area contributed by atoms with E-state index in [1.54, 1.807) is 6.92 Å². The molecular formula is C15H13F6NO3. The molecule has 0 aromatic heterocycles. The highest BCUT2D eigenvalue weighted by Gasteiger charge is 2.48. The maximum Gasteiger partial charge on any atom is 0.471 e. The van der Waals surface area contributed by atoms with Crippen LogP contribution in [-0.4, -0.2) is 31.0 Å². The van der Waals surface area contributed by atoms with E-state index in [0.717, 1.165) is 0 Å². The summed E-state index contributed by atoms with van der Waals surface area (Å²) in [4.78, 5) is 28.1. The molecule has 2 rings (SSSR count). The van der Waals surface area contributed by atoms with Gasteiger partial charge in [0, 0.05) is 18.2 Å². The van der Waals surface area contributed by atoms with Gasteiger partial charge in [-0.3, -0.25) is 4.79 Å². The van der Waals surface area contributed by atoms with Crippen LogP contribution in [0.4, 0.5) is 32.0 Å². The van der Waals surface area contributed by atoms with E-state index >= 15 is 0 Å². The van der Waals surface area contributed by atoms with Gasteiger partial charge in [-0.2, -0.15) is 35.9 Å². The van der Waals surface area contributed by atoms with E-state index < -0.39 is 37.1 Å². The van der Waals surface area contributed by atoms with Crippen molar-refractivity contribution in [2.24, 2.45) is 0 Å². The minimum Gasteiger partial charge on any atom is -0.304 e. The molecule has 4 nitrogen and oxygen atoms in total. The minimum absolute atomic E-state index is 0.0891. The Bertz CT molecular complexity index is 662. The first-order valence-electron chi connectivity index (χ1n) is 7.02. The lowest BCUT2D eigenvalue weighted by Gasteiger charge is -2.19. The summed E-state index contributed by atoms with van der Waals surface area (Å²) in [6, 6.07) is 4.26. The van der Waals surface area contributed by atoms with Crippen LogP contribution >= 0.6 is 0 Å². The Balaban J connectivity index is 0.000000970. The van der Waals surface area contributed by atoms with Gasteiger partial charge >= 0.3 is 24.4 Å². The molecule has 0 unspecified atom stereocenters. The van der Waals surface area contributed by atoms with Crippen LogP contribution in [-0.2, 0) is 20.8 Å². The second-order valence-corrected chi connectivity index (χ2v) is 5.26. The highest BCUT2D eigenvalue weighted by Crippen LogP contribution is 2.43. The third-order valence-electron chi connectivity index (χ3n) is 3.60. The fourth-order valence-corrected chi connectivity index (χ4v) is 2.61. The monoisotopic (exact) mass is 369 g/mol. The van der Waals surface area contributed by atoms with Crippen molar-refractivity contribution in [2.75, 3.05) is 11.4 Å². The number of halogens is 6. The topological polar surface area (TPSA) is 54.5 Å². The Morgan fingerprint density at radius 1 is 1.20 bits per heavy atom. The summed E-state index contributed by atoms with van der Waals surface area (Å²) in [6.07, 6.45) is -10.1. The van der Waals surface area contributed by atoms with Crippen LogP contribution in [0.2, 0.25) is 0 Å². The number of carbonyl (C=O) groups is 1. The largest absolute Gasteiger partial charge is 0.471 e. The van der Waals surface area contributed by atoms with Gasteiger partial charge < -0.3 is 4.90 Å². The predicted octanol–water partition coefficient (Wildman–Crippen LogP) is 3.61. The van der Waals surface area contributed by atoms with Gasteiger partial charge in [0.25, 0.3) is 0 Å². The molecule has 0 bridgehead atoms. The van der Waals surface area contributed by atoms with Crippen LogP contribution in [0.25, 0.3) is 0 Å². The number of fused-ring (bicyclic) bond motifs is 1. The lowest BCUT2D eigenvalue weighted by molar-refractivity contribution is -0.191. The summed E-state index contributed by atoms with van der Waals surface area (Å²) in [6.45, 7) is 1.18. The summed E-state index contributed by atoms with van der Waals surface area (Å²) in [5.74, 6) is -3.31. The zero-order valence-electron chi connectivity index (χ0n) is 12.9. The lowest BCUT2D eigenvalue weighted by Crippen LogP contribution is -2.40. The number of aryl methyl sites for hydroxylation is 1. The normalized spacial score (nSPS) is 16.6. The van der Waals surface area contributed by atoms with Crippen molar-refractivity contribution in [3.63, 3.8) is 0 Å². The summed E-state index contributed by atoms with van der Waals surface area (Å²) >= 11 is 0. The first-order valence-corrected chi connectivity index (χ1v) is 7.02. The zero-order chi connectivity index (χ0) is 19.4. The molecule has 0 N–H and O–H groups in total. The number of hydrogen-bond donors (Lipinski definition) is 0. The molecule has 25 heavy (non-hydrogen) atoms. The zero-order valence-corrected chi connectivity index (χ0v) is 12.9. The van der Waals surface area contributed by atoms with Gasteiger partial charge in [-0.05, 0) is 23.6 Å². The van der Waals surface area contributed by atoms with E-state index in [1.165, 1.54) is 18.2 Å². The van der Waals surface area contributed by atoms with Gasteiger partial charge in [0.2, 0.25) is 0 Å². The number of hydrogen-bond acceptors (Lipinski definition) is 3. The number of carbonyl (C=O) groups excluding carboxylic acids is 3. The third kappa shape index (κ3) is 5.32. The van der Waals surface area contributed by atoms with Crippen molar-refractivity contribution in [3.8, 4) is 0 Å². The van der Waals surface area contributed by atoms with Gasteiger partial charge in [0.1, 0.15) is 0 Å². The fraction of sp³-hybridized carbons (Fsp3) is 0.467. The Morgan fingerprint density at radius 3 is 2.20 bits per heavy atom. The van der Waals surface area contributed by atoms with Crippen LogP contribution in [0, 0.1) is 0 Å².